The highest BCUT2D eigenvalue weighted by molar-refractivity contribution is 6.31. The van der Waals surface area contributed by atoms with Crippen LogP contribution in [0.2, 0.25) is 5.02 Å². The summed E-state index contributed by atoms with van der Waals surface area (Å²) in [5.74, 6) is -0.505. The predicted molar refractivity (Wildman–Crippen MR) is 66.5 cm³/mol. The minimum absolute atomic E-state index is 0.318. The van der Waals surface area contributed by atoms with Crippen LogP contribution in [0.5, 0.6) is 0 Å². The number of rotatable bonds is 3. The minimum atomic E-state index is -0.505. The first-order valence-electron chi connectivity index (χ1n) is 5.49. The fourth-order valence-corrected chi connectivity index (χ4v) is 2.16. The second kappa shape index (κ2) is 4.86. The average molecular weight is 269 g/mol. The third kappa shape index (κ3) is 2.41. The van der Waals surface area contributed by atoms with Crippen molar-refractivity contribution in [2.24, 2.45) is 5.73 Å². The predicted octanol–water partition coefficient (Wildman–Crippen LogP) is 1.70. The van der Waals surface area contributed by atoms with Crippen LogP contribution < -0.4 is 5.73 Å². The lowest BCUT2D eigenvalue weighted by Gasteiger charge is -2.15. The minimum Gasteiger partial charge on any atom is -0.448 e. The Kier molecular flexibility index (Phi) is 3.43. The third-order valence-corrected chi connectivity index (χ3v) is 3.22. The van der Waals surface area contributed by atoms with Gasteiger partial charge in [-0.1, -0.05) is 11.6 Å². The van der Waals surface area contributed by atoms with Crippen molar-refractivity contribution in [2.45, 2.75) is 13.5 Å². The fourth-order valence-electron chi connectivity index (χ4n) is 1.88. The summed E-state index contributed by atoms with van der Waals surface area (Å²) in [6.45, 7) is 2.98. The quantitative estimate of drug-likeness (QED) is 0.907. The van der Waals surface area contributed by atoms with Gasteiger partial charge in [0.25, 0.3) is 0 Å². The maximum Gasteiger partial charge on any atom is 0.410 e. The van der Waals surface area contributed by atoms with E-state index in [1.54, 1.807) is 19.1 Å². The highest BCUT2D eigenvalue weighted by Crippen LogP contribution is 2.23. The highest BCUT2D eigenvalue weighted by atomic mass is 35.5. The van der Waals surface area contributed by atoms with Gasteiger partial charge in [-0.05, 0) is 30.2 Å². The number of halogens is 1. The molecule has 1 aromatic carbocycles. The van der Waals surface area contributed by atoms with E-state index in [1.807, 2.05) is 0 Å². The Labute approximate surface area is 109 Å². The van der Waals surface area contributed by atoms with Gasteiger partial charge in [-0.25, -0.2) is 4.79 Å². The van der Waals surface area contributed by atoms with Gasteiger partial charge in [0.1, 0.15) is 6.61 Å². The number of hydrogen-bond donors (Lipinski definition) is 1. The molecule has 1 aromatic rings. The molecule has 1 saturated heterocycles. The third-order valence-electron chi connectivity index (χ3n) is 2.87. The van der Waals surface area contributed by atoms with Gasteiger partial charge in [-0.3, -0.25) is 4.79 Å². The van der Waals surface area contributed by atoms with Gasteiger partial charge >= 0.3 is 6.09 Å². The van der Waals surface area contributed by atoms with E-state index in [2.05, 4.69) is 0 Å². The van der Waals surface area contributed by atoms with Crippen LogP contribution in [-0.2, 0) is 11.3 Å². The molecule has 5 nitrogen and oxygen atoms in total. The summed E-state index contributed by atoms with van der Waals surface area (Å²) in [4.78, 5) is 24.1. The van der Waals surface area contributed by atoms with Crippen LogP contribution in [-0.4, -0.2) is 30.1 Å². The second-order valence-electron chi connectivity index (χ2n) is 4.16. The van der Waals surface area contributed by atoms with Crippen molar-refractivity contribution < 1.29 is 14.3 Å². The Hall–Kier alpha value is -1.75. The SMILES string of the molecule is Cc1cc(Cl)c(CN2CCOC2=O)cc1C(N)=O. The summed E-state index contributed by atoms with van der Waals surface area (Å²) in [5.41, 5.74) is 7.11. The van der Waals surface area contributed by atoms with Gasteiger partial charge in [0.2, 0.25) is 5.91 Å². The summed E-state index contributed by atoms with van der Waals surface area (Å²) in [7, 11) is 0. The largest absolute Gasteiger partial charge is 0.448 e. The van der Waals surface area contributed by atoms with E-state index < -0.39 is 5.91 Å². The van der Waals surface area contributed by atoms with Gasteiger partial charge in [0, 0.05) is 10.6 Å². The fraction of sp³-hybridized carbons (Fsp3) is 0.333. The van der Waals surface area contributed by atoms with E-state index >= 15 is 0 Å². The van der Waals surface area contributed by atoms with Crippen molar-refractivity contribution in [1.29, 1.82) is 0 Å². The molecule has 0 aliphatic carbocycles. The monoisotopic (exact) mass is 268 g/mol. The topological polar surface area (TPSA) is 72.6 Å². The van der Waals surface area contributed by atoms with E-state index in [0.717, 1.165) is 5.56 Å². The van der Waals surface area contributed by atoms with Gasteiger partial charge < -0.3 is 15.4 Å². The molecule has 0 atom stereocenters. The van der Waals surface area contributed by atoms with Crippen LogP contribution in [0.3, 0.4) is 0 Å². The molecule has 1 heterocycles. The number of primary amides is 1. The van der Waals surface area contributed by atoms with Gasteiger partial charge in [-0.2, -0.15) is 0 Å². The van der Waals surface area contributed by atoms with E-state index in [0.29, 0.717) is 35.8 Å². The molecule has 0 spiro atoms. The summed E-state index contributed by atoms with van der Waals surface area (Å²) >= 11 is 6.10. The maximum absolute atomic E-state index is 11.3. The van der Waals surface area contributed by atoms with Crippen molar-refractivity contribution >= 4 is 23.6 Å². The molecule has 6 heteroatoms. The van der Waals surface area contributed by atoms with Crippen LogP contribution in [0.4, 0.5) is 4.79 Å². The smallest absolute Gasteiger partial charge is 0.410 e. The molecule has 2 N–H and O–H groups in total. The Bertz CT molecular complexity index is 516. The van der Waals surface area contributed by atoms with E-state index in [-0.39, 0.29) is 6.09 Å². The molecule has 1 fully saturated rings. The Balaban J connectivity index is 2.29. The molecule has 0 unspecified atom stereocenters. The van der Waals surface area contributed by atoms with Crippen molar-refractivity contribution in [3.05, 3.63) is 33.8 Å². The van der Waals surface area contributed by atoms with Crippen LogP contribution >= 0.6 is 11.6 Å². The number of nitrogens with two attached hydrogens (primary N) is 1. The average Bonchev–Trinajstić information content (AvgIpc) is 2.67. The van der Waals surface area contributed by atoms with Gasteiger partial charge in [-0.15, -0.1) is 0 Å². The summed E-state index contributed by atoms with van der Waals surface area (Å²) in [5, 5.41) is 0.511. The van der Waals surface area contributed by atoms with Gasteiger partial charge in [0.15, 0.2) is 0 Å². The highest BCUT2D eigenvalue weighted by Gasteiger charge is 2.23. The number of carbonyl (C=O) groups excluding carboxylic acids is 2. The van der Waals surface area contributed by atoms with Crippen LogP contribution in [0.25, 0.3) is 0 Å². The lowest BCUT2D eigenvalue weighted by molar-refractivity contribution is 0.0999. The first-order chi connectivity index (χ1) is 8.49. The number of amides is 2. The Morgan fingerprint density at radius 2 is 2.28 bits per heavy atom. The maximum atomic E-state index is 11.3. The number of hydrogen-bond acceptors (Lipinski definition) is 3. The zero-order chi connectivity index (χ0) is 13.3. The van der Waals surface area contributed by atoms with Crippen molar-refractivity contribution in [3.8, 4) is 0 Å². The number of aryl methyl sites for hydroxylation is 1. The summed E-state index contributed by atoms with van der Waals surface area (Å²) in [6, 6.07) is 3.31. The first kappa shape index (κ1) is 12.7. The Morgan fingerprint density at radius 3 is 2.83 bits per heavy atom. The molecule has 0 radical (unpaired) electrons. The number of nitrogens with zero attached hydrogens (tertiary/aromatic N) is 1. The van der Waals surface area contributed by atoms with Crippen LogP contribution in [0, 0.1) is 6.92 Å². The van der Waals surface area contributed by atoms with Crippen LogP contribution in [0.15, 0.2) is 12.1 Å². The molecule has 0 saturated carbocycles. The second-order valence-corrected chi connectivity index (χ2v) is 4.57. The lowest BCUT2D eigenvalue weighted by atomic mass is 10.0. The van der Waals surface area contributed by atoms with Crippen molar-refractivity contribution in [2.75, 3.05) is 13.2 Å². The Morgan fingerprint density at radius 1 is 1.56 bits per heavy atom. The molecule has 1 aliphatic rings. The van der Waals surface area contributed by atoms with Gasteiger partial charge in [0.05, 0.1) is 13.1 Å². The normalized spacial score (nSPS) is 14.8. The summed E-state index contributed by atoms with van der Waals surface area (Å²) in [6.07, 6.45) is -0.368. The molecule has 96 valence electrons. The van der Waals surface area contributed by atoms with E-state index in [1.165, 1.54) is 4.90 Å². The first-order valence-corrected chi connectivity index (χ1v) is 5.87. The molecular formula is C12H13ClN2O3. The zero-order valence-corrected chi connectivity index (χ0v) is 10.7. The molecular weight excluding hydrogens is 256 g/mol. The molecule has 2 rings (SSSR count). The molecule has 0 bridgehead atoms. The standard InChI is InChI=1S/C12H13ClN2O3/c1-7-4-10(13)8(5-9(7)11(14)16)6-15-2-3-18-12(15)17/h4-5H,2-3,6H2,1H3,(H2,14,16). The van der Waals surface area contributed by atoms with Crippen LogP contribution in [0.1, 0.15) is 21.5 Å². The molecule has 2 amide bonds. The number of benzene rings is 1. The molecule has 18 heavy (non-hydrogen) atoms. The van der Waals surface area contributed by atoms with Crippen molar-refractivity contribution in [1.82, 2.24) is 4.90 Å². The lowest BCUT2D eigenvalue weighted by Crippen LogP contribution is -2.24. The summed E-state index contributed by atoms with van der Waals surface area (Å²) < 4.78 is 4.83. The number of carbonyl (C=O) groups is 2. The van der Waals surface area contributed by atoms with E-state index in [9.17, 15) is 9.59 Å². The number of cyclic esters (lactones) is 1. The zero-order valence-electron chi connectivity index (χ0n) is 9.90. The molecule has 1 aliphatic heterocycles. The van der Waals surface area contributed by atoms with Crippen molar-refractivity contribution in [3.63, 3.8) is 0 Å². The molecule has 0 aromatic heterocycles. The number of ether oxygens (including phenoxy) is 1. The van der Waals surface area contributed by atoms with E-state index in [4.69, 9.17) is 22.1 Å².